The van der Waals surface area contributed by atoms with Gasteiger partial charge in [0, 0.05) is 10.9 Å². The number of rotatable bonds is 1. The molecule has 0 amide bonds. The maximum Gasteiger partial charge on any atom is 0.212 e. The number of furan rings is 1. The highest BCUT2D eigenvalue weighted by atomic mass is 16.5. The second-order valence-electron chi connectivity index (χ2n) is 7.23. The van der Waals surface area contributed by atoms with Crippen molar-refractivity contribution in [3.63, 3.8) is 0 Å². The summed E-state index contributed by atoms with van der Waals surface area (Å²) in [7, 11) is 0. The zero-order valence-electron chi connectivity index (χ0n) is 15.5. The van der Waals surface area contributed by atoms with E-state index in [9.17, 15) is 4.79 Å². The Morgan fingerprint density at radius 3 is 2.20 bits per heavy atom. The first-order valence-electron chi connectivity index (χ1n) is 8.60. The summed E-state index contributed by atoms with van der Waals surface area (Å²) in [6.45, 7) is 12.2. The molecule has 1 aromatic heterocycles. The van der Waals surface area contributed by atoms with E-state index in [2.05, 4.69) is 26.0 Å². The Labute approximate surface area is 147 Å². The lowest BCUT2D eigenvalue weighted by molar-refractivity contribution is 0.0858. The molecular formula is C22H22O3. The van der Waals surface area contributed by atoms with Crippen LogP contribution in [0.1, 0.15) is 55.4 Å². The SMILES string of the molecule is Cc1cc(C)c2c(c1C)O[C@@H](c1coc3c(C)c(C)cc(C)c13)C2=O. The van der Waals surface area contributed by atoms with E-state index in [1.807, 2.05) is 27.7 Å². The fourth-order valence-corrected chi connectivity index (χ4v) is 3.94. The van der Waals surface area contributed by atoms with Gasteiger partial charge in [0.2, 0.25) is 5.78 Å². The molecule has 0 N–H and O–H groups in total. The average molecular weight is 334 g/mol. The van der Waals surface area contributed by atoms with Crippen LogP contribution >= 0.6 is 0 Å². The van der Waals surface area contributed by atoms with Crippen molar-refractivity contribution < 1.29 is 13.9 Å². The molecule has 0 aliphatic carbocycles. The van der Waals surface area contributed by atoms with Gasteiger partial charge in [-0.05, 0) is 74.9 Å². The lowest BCUT2D eigenvalue weighted by atomic mass is 9.93. The quantitative estimate of drug-likeness (QED) is 0.581. The van der Waals surface area contributed by atoms with Gasteiger partial charge in [-0.25, -0.2) is 0 Å². The molecule has 0 saturated carbocycles. The Kier molecular flexibility index (Phi) is 3.33. The van der Waals surface area contributed by atoms with Gasteiger partial charge in [-0.1, -0.05) is 12.1 Å². The van der Waals surface area contributed by atoms with Crippen molar-refractivity contribution in [1.29, 1.82) is 0 Å². The molecule has 2 aromatic carbocycles. The maximum absolute atomic E-state index is 13.1. The van der Waals surface area contributed by atoms with E-state index in [1.165, 1.54) is 5.56 Å². The van der Waals surface area contributed by atoms with Crippen molar-refractivity contribution in [3.8, 4) is 5.75 Å². The van der Waals surface area contributed by atoms with Crippen LogP contribution in [0, 0.1) is 41.5 Å². The summed E-state index contributed by atoms with van der Waals surface area (Å²) < 4.78 is 12.0. The number of carbonyl (C=O) groups is 1. The maximum atomic E-state index is 13.1. The number of benzene rings is 2. The lowest BCUT2D eigenvalue weighted by Gasteiger charge is -2.11. The number of ketones is 1. The smallest absolute Gasteiger partial charge is 0.212 e. The number of Topliss-reactive ketones (excluding diaryl/α,β-unsaturated/α-hetero) is 1. The zero-order valence-corrected chi connectivity index (χ0v) is 15.5. The molecule has 2 heterocycles. The van der Waals surface area contributed by atoms with Gasteiger partial charge in [0.25, 0.3) is 0 Å². The van der Waals surface area contributed by atoms with Gasteiger partial charge < -0.3 is 9.15 Å². The first-order chi connectivity index (χ1) is 11.8. The van der Waals surface area contributed by atoms with Crippen molar-refractivity contribution in [1.82, 2.24) is 0 Å². The van der Waals surface area contributed by atoms with E-state index in [4.69, 9.17) is 9.15 Å². The monoisotopic (exact) mass is 334 g/mol. The number of aryl methyl sites for hydroxylation is 5. The molecule has 3 nitrogen and oxygen atoms in total. The van der Waals surface area contributed by atoms with Gasteiger partial charge in [0.05, 0.1) is 11.8 Å². The highest BCUT2D eigenvalue weighted by Gasteiger charge is 2.38. The summed E-state index contributed by atoms with van der Waals surface area (Å²) in [5.74, 6) is 0.749. The molecule has 1 aliphatic heterocycles. The van der Waals surface area contributed by atoms with Crippen molar-refractivity contribution in [2.24, 2.45) is 0 Å². The first kappa shape index (κ1) is 15.9. The predicted molar refractivity (Wildman–Crippen MR) is 98.8 cm³/mol. The van der Waals surface area contributed by atoms with Gasteiger partial charge in [-0.15, -0.1) is 0 Å². The van der Waals surface area contributed by atoms with Crippen LogP contribution in [0.4, 0.5) is 0 Å². The van der Waals surface area contributed by atoms with Crippen LogP contribution < -0.4 is 4.74 Å². The second kappa shape index (κ2) is 5.22. The van der Waals surface area contributed by atoms with E-state index < -0.39 is 6.10 Å². The largest absolute Gasteiger partial charge is 0.476 e. The van der Waals surface area contributed by atoms with Gasteiger partial charge in [0.1, 0.15) is 11.3 Å². The van der Waals surface area contributed by atoms with E-state index in [0.717, 1.165) is 50.1 Å². The topological polar surface area (TPSA) is 39.4 Å². The molecule has 0 fully saturated rings. The van der Waals surface area contributed by atoms with Crippen LogP contribution in [0.3, 0.4) is 0 Å². The summed E-state index contributed by atoms with van der Waals surface area (Å²) in [5, 5.41) is 1.00. The minimum atomic E-state index is -0.628. The minimum absolute atomic E-state index is 0.0240. The average Bonchev–Trinajstić information content (AvgIpc) is 3.12. The summed E-state index contributed by atoms with van der Waals surface area (Å²) in [6.07, 6.45) is 1.06. The Balaban J connectivity index is 1.92. The van der Waals surface area contributed by atoms with Gasteiger partial charge in [0.15, 0.2) is 6.10 Å². The summed E-state index contributed by atoms with van der Waals surface area (Å²) in [4.78, 5) is 13.1. The molecule has 3 aromatic rings. The highest BCUT2D eigenvalue weighted by Crippen LogP contribution is 2.44. The third-order valence-corrected chi connectivity index (χ3v) is 5.57. The van der Waals surface area contributed by atoms with Crippen molar-refractivity contribution in [2.75, 3.05) is 0 Å². The molecule has 1 atom stereocenters. The molecule has 3 heteroatoms. The van der Waals surface area contributed by atoms with Crippen LogP contribution in [-0.4, -0.2) is 5.78 Å². The van der Waals surface area contributed by atoms with E-state index >= 15 is 0 Å². The Hall–Kier alpha value is -2.55. The van der Waals surface area contributed by atoms with E-state index in [1.54, 1.807) is 6.26 Å². The number of carbonyl (C=O) groups excluding carboxylic acids is 1. The van der Waals surface area contributed by atoms with Gasteiger partial charge >= 0.3 is 0 Å². The standard InChI is InChI=1S/C22H22O3/c1-10-7-12(3)17-16(9-24-20(17)14(10)5)22-19(23)18-13(4)8-11(2)15(6)21(18)25-22/h7-9,22H,1-6H3/t22-/m0/s1. The summed E-state index contributed by atoms with van der Waals surface area (Å²) >= 11 is 0. The Morgan fingerprint density at radius 1 is 0.840 bits per heavy atom. The lowest BCUT2D eigenvalue weighted by Crippen LogP contribution is -2.11. The van der Waals surface area contributed by atoms with Gasteiger partial charge in [-0.2, -0.15) is 0 Å². The molecular weight excluding hydrogens is 312 g/mol. The normalized spacial score (nSPS) is 16.4. The molecule has 4 rings (SSSR count). The number of fused-ring (bicyclic) bond motifs is 2. The fraction of sp³-hybridized carbons (Fsp3) is 0.318. The minimum Gasteiger partial charge on any atom is -0.476 e. The fourth-order valence-electron chi connectivity index (χ4n) is 3.94. The van der Waals surface area contributed by atoms with Crippen LogP contribution in [-0.2, 0) is 0 Å². The molecule has 0 saturated heterocycles. The Morgan fingerprint density at radius 2 is 1.48 bits per heavy atom. The number of hydrogen-bond donors (Lipinski definition) is 0. The molecule has 0 unspecified atom stereocenters. The van der Waals surface area contributed by atoms with E-state index in [-0.39, 0.29) is 5.78 Å². The highest BCUT2D eigenvalue weighted by molar-refractivity contribution is 6.08. The molecule has 128 valence electrons. The van der Waals surface area contributed by atoms with Gasteiger partial charge in [-0.3, -0.25) is 4.79 Å². The molecule has 0 radical (unpaired) electrons. The van der Waals surface area contributed by atoms with Crippen LogP contribution in [0.5, 0.6) is 5.75 Å². The van der Waals surface area contributed by atoms with Crippen molar-refractivity contribution >= 4 is 16.8 Å². The molecule has 0 spiro atoms. The number of hydrogen-bond acceptors (Lipinski definition) is 3. The third-order valence-electron chi connectivity index (χ3n) is 5.57. The molecule has 25 heavy (non-hydrogen) atoms. The summed E-state index contributed by atoms with van der Waals surface area (Å²) in [6, 6.07) is 4.20. The zero-order chi connectivity index (χ0) is 18.0. The summed E-state index contributed by atoms with van der Waals surface area (Å²) in [5.41, 5.74) is 8.95. The molecule has 0 bridgehead atoms. The van der Waals surface area contributed by atoms with Crippen LogP contribution in [0.2, 0.25) is 0 Å². The first-order valence-corrected chi connectivity index (χ1v) is 8.60. The van der Waals surface area contributed by atoms with Crippen LogP contribution in [0.25, 0.3) is 11.0 Å². The molecule has 1 aliphatic rings. The third kappa shape index (κ3) is 2.08. The number of ether oxygens (including phenoxy) is 1. The van der Waals surface area contributed by atoms with E-state index in [0.29, 0.717) is 5.56 Å². The second-order valence-corrected chi connectivity index (χ2v) is 7.23. The van der Waals surface area contributed by atoms with Crippen molar-refractivity contribution in [2.45, 2.75) is 47.6 Å². The Bertz CT molecular complexity index is 1050. The predicted octanol–water partition coefficient (Wildman–Crippen LogP) is 5.60. The van der Waals surface area contributed by atoms with Crippen molar-refractivity contribution in [3.05, 3.63) is 62.9 Å². The van der Waals surface area contributed by atoms with Crippen LogP contribution in [0.15, 0.2) is 22.8 Å².